The fourth-order valence-corrected chi connectivity index (χ4v) is 6.34. The van der Waals surface area contributed by atoms with E-state index in [1.165, 1.54) is 4.88 Å². The van der Waals surface area contributed by atoms with Gasteiger partial charge in [-0.1, -0.05) is 6.58 Å². The number of ether oxygens (including phenoxy) is 1. The van der Waals surface area contributed by atoms with Crippen LogP contribution in [0.1, 0.15) is 49.5 Å². The van der Waals surface area contributed by atoms with E-state index >= 15 is 4.39 Å². The number of rotatable bonds is 5. The fraction of sp³-hybridized carbons (Fsp3) is 0.538. The van der Waals surface area contributed by atoms with Gasteiger partial charge in [0.2, 0.25) is 0 Å². The first kappa shape index (κ1) is 23.3. The molecule has 0 amide bonds. The molecule has 8 heteroatoms. The number of allylic oxidation sites excluding steroid dienone is 1. The SMILES string of the molecule is C=C(N1CCC2(CC1)CC(=NCC)c1sccc1O2)C1(F)CCN(Cc2ccnc(N)c2)CC1. The van der Waals surface area contributed by atoms with Crippen molar-refractivity contribution >= 4 is 22.9 Å². The Kier molecular flexibility index (Phi) is 6.37. The maximum atomic E-state index is 16.0. The van der Waals surface area contributed by atoms with Gasteiger partial charge < -0.3 is 15.4 Å². The highest BCUT2D eigenvalue weighted by Crippen LogP contribution is 2.44. The summed E-state index contributed by atoms with van der Waals surface area (Å²) in [6, 6.07) is 5.92. The van der Waals surface area contributed by atoms with Crippen molar-refractivity contribution < 1.29 is 9.13 Å². The maximum Gasteiger partial charge on any atom is 0.152 e. The molecule has 0 radical (unpaired) electrons. The Balaban J connectivity index is 1.18. The van der Waals surface area contributed by atoms with Crippen LogP contribution in [0.2, 0.25) is 0 Å². The van der Waals surface area contributed by atoms with Crippen LogP contribution >= 0.6 is 11.3 Å². The van der Waals surface area contributed by atoms with Gasteiger partial charge in [0.25, 0.3) is 0 Å². The molecule has 182 valence electrons. The standard InChI is InChI=1S/C26H34FN5OS/c1-3-29-21-17-25(33-22-5-15-34-24(21)22)6-13-32(14-7-25)19(2)26(27)8-11-31(12-9-26)18-20-4-10-30-23(28)16-20/h4-5,10,15-16H,2-3,6-9,11-14,17-18H2,1H3,(H2,28,30). The summed E-state index contributed by atoms with van der Waals surface area (Å²) in [4.78, 5) is 14.4. The summed E-state index contributed by atoms with van der Waals surface area (Å²) in [6.07, 6.45) is 5.22. The van der Waals surface area contributed by atoms with Crippen molar-refractivity contribution in [2.24, 2.45) is 4.99 Å². The summed E-state index contributed by atoms with van der Waals surface area (Å²) in [7, 11) is 0. The van der Waals surface area contributed by atoms with Crippen molar-refractivity contribution in [2.75, 3.05) is 38.5 Å². The Hall–Kier alpha value is -2.45. The Morgan fingerprint density at radius 2 is 2.00 bits per heavy atom. The number of fused-ring (bicyclic) bond motifs is 1. The van der Waals surface area contributed by atoms with E-state index in [0.29, 0.717) is 37.4 Å². The molecule has 2 aromatic rings. The predicted molar refractivity (Wildman–Crippen MR) is 136 cm³/mol. The molecule has 5 rings (SSSR count). The predicted octanol–water partition coefficient (Wildman–Crippen LogP) is 4.67. The molecule has 2 fully saturated rings. The molecule has 2 N–H and O–H groups in total. The second kappa shape index (κ2) is 9.30. The van der Waals surface area contributed by atoms with Crippen LogP contribution in [0.15, 0.2) is 47.0 Å². The molecule has 0 atom stereocenters. The molecule has 3 aliphatic heterocycles. The smallest absolute Gasteiger partial charge is 0.152 e. The molecule has 5 heterocycles. The lowest BCUT2D eigenvalue weighted by Crippen LogP contribution is -2.53. The van der Waals surface area contributed by atoms with Crippen LogP contribution in [-0.2, 0) is 6.54 Å². The third-order valence-electron chi connectivity index (χ3n) is 7.53. The zero-order chi connectivity index (χ0) is 23.8. The lowest BCUT2D eigenvalue weighted by molar-refractivity contribution is -0.00443. The summed E-state index contributed by atoms with van der Waals surface area (Å²) in [6.45, 7) is 10.8. The number of alkyl halides is 1. The minimum absolute atomic E-state index is 0.238. The molecular formula is C26H34FN5OS. The number of halogens is 1. The molecule has 0 saturated carbocycles. The summed E-state index contributed by atoms with van der Waals surface area (Å²) in [5.74, 6) is 1.48. The number of hydrogen-bond acceptors (Lipinski definition) is 7. The minimum atomic E-state index is -1.35. The average Bonchev–Trinajstić information content (AvgIpc) is 3.29. The highest BCUT2D eigenvalue weighted by Gasteiger charge is 2.45. The fourth-order valence-electron chi connectivity index (χ4n) is 5.51. The van der Waals surface area contributed by atoms with E-state index in [-0.39, 0.29) is 5.60 Å². The number of aliphatic imine (C=N–C) groups is 1. The van der Waals surface area contributed by atoms with Crippen LogP contribution < -0.4 is 10.5 Å². The average molecular weight is 484 g/mol. The van der Waals surface area contributed by atoms with Gasteiger partial charge in [0.1, 0.15) is 17.2 Å². The molecule has 34 heavy (non-hydrogen) atoms. The minimum Gasteiger partial charge on any atom is -0.485 e. The quantitative estimate of drug-likeness (QED) is 0.670. The molecule has 2 saturated heterocycles. The number of aromatic nitrogens is 1. The van der Waals surface area contributed by atoms with Crippen LogP contribution in [0.5, 0.6) is 5.75 Å². The van der Waals surface area contributed by atoms with Gasteiger partial charge >= 0.3 is 0 Å². The van der Waals surface area contributed by atoms with Crippen molar-refractivity contribution in [1.29, 1.82) is 0 Å². The number of piperidine rings is 2. The molecule has 0 aliphatic carbocycles. The summed E-state index contributed by atoms with van der Waals surface area (Å²) in [5.41, 5.74) is 7.14. The number of nitrogens with zero attached hydrogens (tertiary/aromatic N) is 4. The van der Waals surface area contributed by atoms with Crippen molar-refractivity contribution in [3.8, 4) is 5.75 Å². The van der Waals surface area contributed by atoms with Crippen LogP contribution in [0.25, 0.3) is 0 Å². The van der Waals surface area contributed by atoms with Crippen molar-refractivity contribution in [3.05, 3.63) is 52.5 Å². The van der Waals surface area contributed by atoms with E-state index in [1.54, 1.807) is 17.5 Å². The second-order valence-corrected chi connectivity index (χ2v) is 10.7. The van der Waals surface area contributed by atoms with E-state index < -0.39 is 5.67 Å². The van der Waals surface area contributed by atoms with Crippen molar-refractivity contribution in [2.45, 2.75) is 56.8 Å². The first-order chi connectivity index (χ1) is 16.4. The van der Waals surface area contributed by atoms with Crippen LogP contribution in [0, 0.1) is 0 Å². The van der Waals surface area contributed by atoms with E-state index in [9.17, 15) is 0 Å². The van der Waals surface area contributed by atoms with E-state index in [4.69, 9.17) is 15.5 Å². The monoisotopic (exact) mass is 483 g/mol. The molecule has 6 nitrogen and oxygen atoms in total. The highest BCUT2D eigenvalue weighted by molar-refractivity contribution is 7.12. The largest absolute Gasteiger partial charge is 0.485 e. The molecule has 3 aliphatic rings. The molecule has 0 aromatic carbocycles. The van der Waals surface area contributed by atoms with E-state index in [0.717, 1.165) is 62.5 Å². The number of hydrogen-bond donors (Lipinski definition) is 1. The van der Waals surface area contributed by atoms with Gasteiger partial charge in [-0.15, -0.1) is 11.3 Å². The van der Waals surface area contributed by atoms with Gasteiger partial charge in [-0.3, -0.25) is 9.89 Å². The van der Waals surface area contributed by atoms with Gasteiger partial charge in [-0.05, 0) is 48.9 Å². The highest BCUT2D eigenvalue weighted by atomic mass is 32.1. The Bertz CT molecular complexity index is 1070. The van der Waals surface area contributed by atoms with Gasteiger partial charge in [0.15, 0.2) is 5.67 Å². The Morgan fingerprint density at radius 1 is 1.24 bits per heavy atom. The lowest BCUT2D eigenvalue weighted by atomic mass is 9.82. The molecular weight excluding hydrogens is 449 g/mol. The number of anilines is 1. The molecule has 0 unspecified atom stereocenters. The topological polar surface area (TPSA) is 67.0 Å². The van der Waals surface area contributed by atoms with Crippen molar-refractivity contribution in [1.82, 2.24) is 14.8 Å². The van der Waals surface area contributed by atoms with Crippen LogP contribution in [0.3, 0.4) is 0 Å². The zero-order valence-electron chi connectivity index (χ0n) is 19.9. The number of likely N-dealkylation sites (tertiary alicyclic amines) is 2. The van der Waals surface area contributed by atoms with Crippen LogP contribution in [-0.4, -0.2) is 64.5 Å². The Morgan fingerprint density at radius 3 is 2.71 bits per heavy atom. The van der Waals surface area contributed by atoms with Gasteiger partial charge in [0.05, 0.1) is 10.6 Å². The summed E-state index contributed by atoms with van der Waals surface area (Å²) < 4.78 is 22.5. The third-order valence-corrected chi connectivity index (χ3v) is 8.47. The second-order valence-electron chi connectivity index (χ2n) is 9.76. The van der Waals surface area contributed by atoms with Gasteiger partial charge in [-0.25, -0.2) is 9.37 Å². The zero-order valence-corrected chi connectivity index (χ0v) is 20.7. The molecule has 0 bridgehead atoms. The summed E-state index contributed by atoms with van der Waals surface area (Å²) >= 11 is 1.70. The molecule has 1 spiro atoms. The van der Waals surface area contributed by atoms with E-state index in [1.807, 2.05) is 12.1 Å². The normalized spacial score (nSPS) is 23.0. The first-order valence-electron chi connectivity index (χ1n) is 12.3. The Labute approximate surface area is 205 Å². The maximum absolute atomic E-state index is 16.0. The van der Waals surface area contributed by atoms with Crippen molar-refractivity contribution in [3.63, 3.8) is 0 Å². The van der Waals surface area contributed by atoms with E-state index in [2.05, 4.69) is 39.7 Å². The van der Waals surface area contributed by atoms with Gasteiger partial charge in [0, 0.05) is 70.4 Å². The summed E-state index contributed by atoms with van der Waals surface area (Å²) in [5, 5.41) is 2.08. The molecule has 2 aromatic heterocycles. The third kappa shape index (κ3) is 4.58. The van der Waals surface area contributed by atoms with Gasteiger partial charge in [-0.2, -0.15) is 0 Å². The first-order valence-corrected chi connectivity index (χ1v) is 13.1. The number of nitrogens with two attached hydrogens (primary N) is 1. The number of thiophene rings is 1. The number of nitrogen functional groups attached to an aromatic ring is 1. The van der Waals surface area contributed by atoms with Crippen LogP contribution in [0.4, 0.5) is 10.2 Å². The number of pyridine rings is 1. The lowest BCUT2D eigenvalue weighted by Gasteiger charge is -2.48.